The fraction of sp³-hybridized carbons (Fsp3) is 0.0952. The maximum absolute atomic E-state index is 12.3. The summed E-state index contributed by atoms with van der Waals surface area (Å²) in [5.74, 6) is 5.21. The first-order valence-electron chi connectivity index (χ1n) is 8.39. The van der Waals surface area contributed by atoms with Crippen molar-refractivity contribution in [2.24, 2.45) is 0 Å². The number of rotatable bonds is 4. The minimum absolute atomic E-state index is 0.175. The summed E-state index contributed by atoms with van der Waals surface area (Å²) in [5.41, 5.74) is 2.00. The van der Waals surface area contributed by atoms with Crippen LogP contribution in [0.4, 0.5) is 18.9 Å². The van der Waals surface area contributed by atoms with Gasteiger partial charge in [0, 0.05) is 29.7 Å². The lowest BCUT2D eigenvalue weighted by Crippen LogP contribution is -2.19. The third kappa shape index (κ3) is 6.36. The normalized spacial score (nSPS) is 10.6. The third-order valence-electron chi connectivity index (χ3n) is 3.50. The van der Waals surface area contributed by atoms with Crippen LogP contribution in [-0.4, -0.2) is 28.7 Å². The summed E-state index contributed by atoms with van der Waals surface area (Å²) in [4.78, 5) is 20.1. The molecule has 0 fully saturated rings. The van der Waals surface area contributed by atoms with E-state index in [1.54, 1.807) is 42.6 Å². The van der Waals surface area contributed by atoms with E-state index in [9.17, 15) is 18.0 Å². The van der Waals surface area contributed by atoms with Crippen LogP contribution in [0.5, 0.6) is 5.88 Å². The Morgan fingerprint density at radius 2 is 1.90 bits per heavy atom. The first-order valence-corrected chi connectivity index (χ1v) is 8.39. The lowest BCUT2D eigenvalue weighted by atomic mass is 10.2. The van der Waals surface area contributed by atoms with Crippen LogP contribution in [0.15, 0.2) is 67.0 Å². The van der Waals surface area contributed by atoms with E-state index in [1.807, 2.05) is 6.07 Å². The minimum atomic E-state index is -4.46. The Morgan fingerprint density at radius 3 is 2.59 bits per heavy atom. The quantitative estimate of drug-likeness (QED) is 0.674. The molecule has 0 aliphatic rings. The molecule has 0 bridgehead atoms. The molecule has 1 N–H and O–H groups in total. The van der Waals surface area contributed by atoms with Crippen LogP contribution in [0.1, 0.15) is 21.6 Å². The highest BCUT2D eigenvalue weighted by Gasteiger charge is 2.28. The van der Waals surface area contributed by atoms with Gasteiger partial charge in [0.15, 0.2) is 6.61 Å². The van der Waals surface area contributed by atoms with Crippen molar-refractivity contribution < 1.29 is 22.7 Å². The van der Waals surface area contributed by atoms with Crippen molar-refractivity contribution in [3.05, 3.63) is 83.8 Å². The van der Waals surface area contributed by atoms with Gasteiger partial charge in [-0.2, -0.15) is 13.2 Å². The summed E-state index contributed by atoms with van der Waals surface area (Å²) in [6, 6.07) is 14.9. The molecule has 0 saturated carbocycles. The fourth-order valence-electron chi connectivity index (χ4n) is 2.21. The van der Waals surface area contributed by atoms with Gasteiger partial charge in [0.25, 0.3) is 5.91 Å². The molecular formula is C21H14F3N3O2. The molecule has 2 heterocycles. The topological polar surface area (TPSA) is 64.1 Å². The maximum atomic E-state index is 12.3. The summed E-state index contributed by atoms with van der Waals surface area (Å²) in [6.45, 7) is -1.45. The summed E-state index contributed by atoms with van der Waals surface area (Å²) in [5, 5.41) is 2.69. The number of halogens is 3. The summed E-state index contributed by atoms with van der Waals surface area (Å²) in [6.07, 6.45) is -1.66. The molecule has 2 aromatic heterocycles. The number of nitrogens with zero attached hydrogens (tertiary/aromatic N) is 2. The Hall–Kier alpha value is -3.86. The second-order valence-electron chi connectivity index (χ2n) is 5.79. The largest absolute Gasteiger partial charge is 0.468 e. The number of pyridine rings is 2. The Morgan fingerprint density at radius 1 is 1.03 bits per heavy atom. The van der Waals surface area contributed by atoms with Gasteiger partial charge in [0.1, 0.15) is 5.69 Å². The van der Waals surface area contributed by atoms with E-state index in [-0.39, 0.29) is 11.4 Å². The zero-order valence-electron chi connectivity index (χ0n) is 14.9. The highest BCUT2D eigenvalue weighted by molar-refractivity contribution is 6.04. The SMILES string of the molecule is O=C(Nc1cccc(C#Cc2ccccn2)c1)c1ccc(OCC(F)(F)F)nc1. The average Bonchev–Trinajstić information content (AvgIpc) is 2.72. The zero-order chi connectivity index (χ0) is 20.7. The number of aromatic nitrogens is 2. The molecule has 0 saturated heterocycles. The van der Waals surface area contributed by atoms with E-state index < -0.39 is 18.7 Å². The van der Waals surface area contributed by atoms with E-state index in [2.05, 4.69) is 31.9 Å². The van der Waals surface area contributed by atoms with Crippen LogP contribution in [-0.2, 0) is 0 Å². The van der Waals surface area contributed by atoms with Crippen LogP contribution < -0.4 is 10.1 Å². The predicted octanol–water partition coefficient (Wildman–Crippen LogP) is 4.07. The Labute approximate surface area is 164 Å². The van der Waals surface area contributed by atoms with Gasteiger partial charge < -0.3 is 10.1 Å². The van der Waals surface area contributed by atoms with Gasteiger partial charge in [-0.25, -0.2) is 9.97 Å². The minimum Gasteiger partial charge on any atom is -0.468 e. The fourth-order valence-corrected chi connectivity index (χ4v) is 2.21. The van der Waals surface area contributed by atoms with Crippen molar-refractivity contribution in [2.45, 2.75) is 6.18 Å². The maximum Gasteiger partial charge on any atom is 0.422 e. The number of anilines is 1. The smallest absolute Gasteiger partial charge is 0.422 e. The van der Waals surface area contributed by atoms with Crippen molar-refractivity contribution in [2.75, 3.05) is 11.9 Å². The lowest BCUT2D eigenvalue weighted by Gasteiger charge is -2.09. The molecule has 0 radical (unpaired) electrons. The molecule has 0 aliphatic carbocycles. The van der Waals surface area contributed by atoms with Crippen LogP contribution in [0.25, 0.3) is 0 Å². The third-order valence-corrected chi connectivity index (χ3v) is 3.50. The van der Waals surface area contributed by atoms with Crippen LogP contribution >= 0.6 is 0 Å². The van der Waals surface area contributed by atoms with Crippen molar-refractivity contribution in [1.29, 1.82) is 0 Å². The van der Waals surface area contributed by atoms with Gasteiger partial charge in [0.2, 0.25) is 5.88 Å². The summed E-state index contributed by atoms with van der Waals surface area (Å²) in [7, 11) is 0. The van der Waals surface area contributed by atoms with Crippen molar-refractivity contribution in [3.63, 3.8) is 0 Å². The van der Waals surface area contributed by atoms with E-state index in [1.165, 1.54) is 12.1 Å². The first kappa shape index (κ1) is 19.9. The Bertz CT molecular complexity index is 1040. The number of hydrogen-bond donors (Lipinski definition) is 1. The van der Waals surface area contributed by atoms with E-state index in [0.29, 0.717) is 16.9 Å². The number of ether oxygens (including phenoxy) is 1. The summed E-state index contributed by atoms with van der Waals surface area (Å²) >= 11 is 0. The van der Waals surface area contributed by atoms with Gasteiger partial charge in [-0.1, -0.05) is 18.1 Å². The average molecular weight is 397 g/mol. The second-order valence-corrected chi connectivity index (χ2v) is 5.79. The molecule has 1 amide bonds. The van der Waals surface area contributed by atoms with E-state index >= 15 is 0 Å². The molecular weight excluding hydrogens is 383 g/mol. The number of carbonyl (C=O) groups excluding carboxylic acids is 1. The highest BCUT2D eigenvalue weighted by Crippen LogP contribution is 2.17. The standard InChI is InChI=1S/C21H14F3N3O2/c22-21(23,24)14-29-19-10-8-16(13-26-19)20(28)27-18-6-3-4-15(12-18)7-9-17-5-1-2-11-25-17/h1-6,8,10-13H,14H2,(H,27,28). The van der Waals surface area contributed by atoms with Gasteiger partial charge >= 0.3 is 6.18 Å². The lowest BCUT2D eigenvalue weighted by molar-refractivity contribution is -0.154. The Kier molecular flexibility index (Phi) is 6.09. The van der Waals surface area contributed by atoms with Gasteiger partial charge in [-0.3, -0.25) is 4.79 Å². The molecule has 0 spiro atoms. The number of nitrogens with one attached hydrogen (secondary N) is 1. The number of carbonyl (C=O) groups is 1. The number of benzene rings is 1. The molecule has 146 valence electrons. The highest BCUT2D eigenvalue weighted by atomic mass is 19.4. The number of alkyl halides is 3. The second kappa shape index (κ2) is 8.89. The van der Waals surface area contributed by atoms with Crippen LogP contribution in [0.2, 0.25) is 0 Å². The molecule has 0 unspecified atom stereocenters. The van der Waals surface area contributed by atoms with Crippen molar-refractivity contribution in [1.82, 2.24) is 9.97 Å². The molecule has 3 aromatic rings. The van der Waals surface area contributed by atoms with Gasteiger partial charge in [-0.15, -0.1) is 0 Å². The molecule has 3 rings (SSSR count). The monoisotopic (exact) mass is 397 g/mol. The number of hydrogen-bond acceptors (Lipinski definition) is 4. The zero-order valence-corrected chi connectivity index (χ0v) is 14.9. The van der Waals surface area contributed by atoms with Crippen LogP contribution in [0, 0.1) is 11.8 Å². The Balaban J connectivity index is 1.64. The number of amides is 1. The van der Waals surface area contributed by atoms with Crippen molar-refractivity contribution >= 4 is 11.6 Å². The molecule has 0 atom stereocenters. The van der Waals surface area contributed by atoms with Gasteiger partial charge in [0.05, 0.1) is 5.56 Å². The molecule has 5 nitrogen and oxygen atoms in total. The predicted molar refractivity (Wildman–Crippen MR) is 100 cm³/mol. The molecule has 1 aromatic carbocycles. The van der Waals surface area contributed by atoms with E-state index in [0.717, 1.165) is 6.20 Å². The van der Waals surface area contributed by atoms with Gasteiger partial charge in [-0.05, 0) is 42.3 Å². The molecule has 29 heavy (non-hydrogen) atoms. The van der Waals surface area contributed by atoms with E-state index in [4.69, 9.17) is 0 Å². The summed E-state index contributed by atoms with van der Waals surface area (Å²) < 4.78 is 40.9. The first-order chi connectivity index (χ1) is 13.9. The molecule has 8 heteroatoms. The van der Waals surface area contributed by atoms with Crippen molar-refractivity contribution in [3.8, 4) is 17.7 Å². The van der Waals surface area contributed by atoms with Crippen LogP contribution in [0.3, 0.4) is 0 Å². The molecule has 0 aliphatic heterocycles.